The SMILES string of the molecule is Cc1cc(C)c(-c2nc(N)cc(CC(C)C)n2)cc1C. The van der Waals surface area contributed by atoms with Gasteiger partial charge in [0, 0.05) is 17.3 Å². The molecule has 1 heterocycles. The number of anilines is 1. The topological polar surface area (TPSA) is 51.8 Å². The van der Waals surface area contributed by atoms with Gasteiger partial charge in [0.05, 0.1) is 0 Å². The van der Waals surface area contributed by atoms with Crippen molar-refractivity contribution in [3.05, 3.63) is 40.6 Å². The van der Waals surface area contributed by atoms with Crippen molar-refractivity contribution in [1.82, 2.24) is 9.97 Å². The van der Waals surface area contributed by atoms with Gasteiger partial charge in [-0.2, -0.15) is 0 Å². The summed E-state index contributed by atoms with van der Waals surface area (Å²) in [6.07, 6.45) is 0.920. The lowest BCUT2D eigenvalue weighted by atomic mass is 10.00. The average molecular weight is 269 g/mol. The van der Waals surface area contributed by atoms with Gasteiger partial charge in [0.15, 0.2) is 5.82 Å². The van der Waals surface area contributed by atoms with Crippen LogP contribution in [0.25, 0.3) is 11.4 Å². The molecule has 0 aliphatic heterocycles. The average Bonchev–Trinajstić information content (AvgIpc) is 2.32. The number of rotatable bonds is 3. The first-order chi connectivity index (χ1) is 9.36. The first-order valence-electron chi connectivity index (χ1n) is 7.08. The first-order valence-corrected chi connectivity index (χ1v) is 7.08. The van der Waals surface area contributed by atoms with Crippen molar-refractivity contribution in [2.45, 2.75) is 41.0 Å². The lowest BCUT2D eigenvalue weighted by molar-refractivity contribution is 0.635. The van der Waals surface area contributed by atoms with Crippen molar-refractivity contribution >= 4 is 5.82 Å². The van der Waals surface area contributed by atoms with Crippen LogP contribution in [0.5, 0.6) is 0 Å². The molecule has 0 fully saturated rings. The molecule has 3 nitrogen and oxygen atoms in total. The van der Waals surface area contributed by atoms with E-state index in [1.54, 1.807) is 0 Å². The summed E-state index contributed by atoms with van der Waals surface area (Å²) in [5.74, 6) is 1.84. The number of nitrogens with two attached hydrogens (primary N) is 1. The second-order valence-corrected chi connectivity index (χ2v) is 5.96. The Hall–Kier alpha value is -1.90. The Balaban J connectivity index is 2.52. The molecule has 0 aliphatic rings. The van der Waals surface area contributed by atoms with Gasteiger partial charge < -0.3 is 5.73 Å². The number of hydrogen-bond donors (Lipinski definition) is 1. The van der Waals surface area contributed by atoms with Crippen molar-refractivity contribution in [2.75, 3.05) is 5.73 Å². The molecule has 0 saturated heterocycles. The second-order valence-electron chi connectivity index (χ2n) is 5.96. The van der Waals surface area contributed by atoms with E-state index in [1.807, 2.05) is 6.07 Å². The van der Waals surface area contributed by atoms with E-state index in [-0.39, 0.29) is 0 Å². The van der Waals surface area contributed by atoms with Crippen LogP contribution >= 0.6 is 0 Å². The molecule has 0 atom stereocenters. The molecule has 20 heavy (non-hydrogen) atoms. The highest BCUT2D eigenvalue weighted by Crippen LogP contribution is 2.25. The van der Waals surface area contributed by atoms with Gasteiger partial charge in [0.1, 0.15) is 5.82 Å². The van der Waals surface area contributed by atoms with Gasteiger partial charge in [-0.15, -0.1) is 0 Å². The molecule has 2 rings (SSSR count). The van der Waals surface area contributed by atoms with Crippen LogP contribution in [-0.4, -0.2) is 9.97 Å². The minimum atomic E-state index is 0.545. The third-order valence-electron chi connectivity index (χ3n) is 3.50. The number of nitrogens with zero attached hydrogens (tertiary/aromatic N) is 2. The molecule has 0 amide bonds. The summed E-state index contributed by atoms with van der Waals surface area (Å²) < 4.78 is 0. The zero-order valence-electron chi connectivity index (χ0n) is 13.0. The van der Waals surface area contributed by atoms with Crippen molar-refractivity contribution in [3.8, 4) is 11.4 Å². The Bertz CT molecular complexity index is 630. The fourth-order valence-corrected chi connectivity index (χ4v) is 2.36. The van der Waals surface area contributed by atoms with Gasteiger partial charge in [-0.1, -0.05) is 19.9 Å². The summed E-state index contributed by atoms with van der Waals surface area (Å²) >= 11 is 0. The number of aromatic nitrogens is 2. The van der Waals surface area contributed by atoms with Crippen molar-refractivity contribution in [1.29, 1.82) is 0 Å². The number of nitrogen functional groups attached to an aromatic ring is 1. The van der Waals surface area contributed by atoms with Crippen molar-refractivity contribution in [3.63, 3.8) is 0 Å². The minimum absolute atomic E-state index is 0.545. The van der Waals surface area contributed by atoms with E-state index in [9.17, 15) is 0 Å². The summed E-state index contributed by atoms with van der Waals surface area (Å²) in [5.41, 5.74) is 11.8. The Morgan fingerprint density at radius 1 is 0.950 bits per heavy atom. The van der Waals surface area contributed by atoms with E-state index in [4.69, 9.17) is 5.73 Å². The normalized spacial score (nSPS) is 11.1. The van der Waals surface area contributed by atoms with Gasteiger partial charge in [-0.05, 0) is 55.9 Å². The van der Waals surface area contributed by atoms with Crippen LogP contribution in [0.2, 0.25) is 0 Å². The fraction of sp³-hybridized carbons (Fsp3) is 0.412. The molecule has 0 aliphatic carbocycles. The van der Waals surface area contributed by atoms with Gasteiger partial charge in [-0.3, -0.25) is 0 Å². The van der Waals surface area contributed by atoms with Crippen LogP contribution in [0.15, 0.2) is 18.2 Å². The number of hydrogen-bond acceptors (Lipinski definition) is 3. The molecule has 0 spiro atoms. The molecular weight excluding hydrogens is 246 g/mol. The maximum atomic E-state index is 5.94. The van der Waals surface area contributed by atoms with Crippen molar-refractivity contribution in [2.24, 2.45) is 5.92 Å². The summed E-state index contributed by atoms with van der Waals surface area (Å²) in [4.78, 5) is 9.09. The van der Waals surface area contributed by atoms with E-state index >= 15 is 0 Å². The van der Waals surface area contributed by atoms with Crippen LogP contribution in [0.1, 0.15) is 36.2 Å². The monoisotopic (exact) mass is 269 g/mol. The minimum Gasteiger partial charge on any atom is -0.384 e. The summed E-state index contributed by atoms with van der Waals surface area (Å²) in [5, 5.41) is 0. The second kappa shape index (κ2) is 5.61. The molecule has 0 saturated carbocycles. The third-order valence-corrected chi connectivity index (χ3v) is 3.50. The largest absolute Gasteiger partial charge is 0.384 e. The smallest absolute Gasteiger partial charge is 0.162 e. The van der Waals surface area contributed by atoms with Gasteiger partial charge in [0.25, 0.3) is 0 Å². The number of benzene rings is 1. The molecule has 2 N–H and O–H groups in total. The number of aryl methyl sites for hydroxylation is 3. The van der Waals surface area contributed by atoms with Crippen LogP contribution in [0.4, 0.5) is 5.82 Å². The van der Waals surface area contributed by atoms with Gasteiger partial charge in [-0.25, -0.2) is 9.97 Å². The van der Waals surface area contributed by atoms with E-state index in [1.165, 1.54) is 16.7 Å². The lowest BCUT2D eigenvalue weighted by Crippen LogP contribution is -2.04. The van der Waals surface area contributed by atoms with Crippen LogP contribution < -0.4 is 5.73 Å². The Kier molecular flexibility index (Phi) is 4.07. The molecule has 2 aromatic rings. The molecular formula is C17H23N3. The van der Waals surface area contributed by atoms with E-state index in [2.05, 4.69) is 56.7 Å². The lowest BCUT2D eigenvalue weighted by Gasteiger charge is -2.11. The summed E-state index contributed by atoms with van der Waals surface area (Å²) in [7, 11) is 0. The zero-order valence-corrected chi connectivity index (χ0v) is 13.0. The molecule has 3 heteroatoms. The highest BCUT2D eigenvalue weighted by molar-refractivity contribution is 5.63. The van der Waals surface area contributed by atoms with E-state index < -0.39 is 0 Å². The predicted molar refractivity (Wildman–Crippen MR) is 84.6 cm³/mol. The van der Waals surface area contributed by atoms with Gasteiger partial charge in [0.2, 0.25) is 0 Å². The summed E-state index contributed by atoms with van der Waals surface area (Å²) in [6.45, 7) is 10.7. The van der Waals surface area contributed by atoms with E-state index in [0.717, 1.165) is 23.5 Å². The first kappa shape index (κ1) is 14.5. The Morgan fingerprint density at radius 2 is 1.60 bits per heavy atom. The molecule has 0 bridgehead atoms. The summed E-state index contributed by atoms with van der Waals surface area (Å²) in [6, 6.07) is 6.21. The Morgan fingerprint density at radius 3 is 2.25 bits per heavy atom. The highest BCUT2D eigenvalue weighted by atomic mass is 14.9. The highest BCUT2D eigenvalue weighted by Gasteiger charge is 2.10. The molecule has 106 valence electrons. The fourth-order valence-electron chi connectivity index (χ4n) is 2.36. The quantitative estimate of drug-likeness (QED) is 0.920. The predicted octanol–water partition coefficient (Wildman–Crippen LogP) is 3.85. The van der Waals surface area contributed by atoms with Crippen LogP contribution in [0, 0.1) is 26.7 Å². The molecule has 1 aromatic carbocycles. The standard InChI is InChI=1S/C17H23N3/c1-10(2)6-14-9-16(18)20-17(19-14)15-8-12(4)11(3)7-13(15)5/h7-10H,6H2,1-5H3,(H2,18,19,20). The van der Waals surface area contributed by atoms with Crippen molar-refractivity contribution < 1.29 is 0 Å². The van der Waals surface area contributed by atoms with Gasteiger partial charge >= 0.3 is 0 Å². The molecule has 0 radical (unpaired) electrons. The Labute approximate surface area is 121 Å². The zero-order chi connectivity index (χ0) is 14.9. The molecule has 1 aromatic heterocycles. The maximum Gasteiger partial charge on any atom is 0.162 e. The maximum absolute atomic E-state index is 5.94. The van der Waals surface area contributed by atoms with Crippen LogP contribution in [-0.2, 0) is 6.42 Å². The van der Waals surface area contributed by atoms with Crippen LogP contribution in [0.3, 0.4) is 0 Å². The molecule has 0 unspecified atom stereocenters. The third kappa shape index (κ3) is 3.16. The van der Waals surface area contributed by atoms with E-state index in [0.29, 0.717) is 11.7 Å².